The maximum absolute atomic E-state index is 14.6. The van der Waals surface area contributed by atoms with Gasteiger partial charge >= 0.3 is 12.4 Å². The lowest BCUT2D eigenvalue weighted by Gasteiger charge is -2.56. The molecule has 0 N–H and O–H groups in total. The zero-order valence-corrected chi connectivity index (χ0v) is 25.2. The minimum Gasteiger partial charge on any atom is -0.337 e. The van der Waals surface area contributed by atoms with Gasteiger partial charge in [0.1, 0.15) is 0 Å². The lowest BCUT2D eigenvalue weighted by Crippen LogP contribution is -2.64. The summed E-state index contributed by atoms with van der Waals surface area (Å²) < 4.78 is 111. The van der Waals surface area contributed by atoms with Crippen LogP contribution in [0.15, 0.2) is 66.7 Å². The van der Waals surface area contributed by atoms with E-state index < -0.39 is 53.0 Å². The monoisotopic (exact) mass is 651 g/mol. The molecule has 2 bridgehead atoms. The molecule has 0 aromatic heterocycles. The topological polar surface area (TPSA) is 20.3 Å². The molecule has 1 amide bonds. The summed E-state index contributed by atoms with van der Waals surface area (Å²) in [6.07, 6.45) is -6.24. The first-order chi connectivity index (χ1) is 21.6. The van der Waals surface area contributed by atoms with Gasteiger partial charge in [-0.05, 0) is 53.4 Å². The molecular weight excluding hydrogens is 616 g/mol. The van der Waals surface area contributed by atoms with Crippen molar-refractivity contribution in [3.05, 3.63) is 106 Å². The molecule has 11 heteroatoms. The Kier molecular flexibility index (Phi) is 8.22. The molecule has 4 heterocycles. The van der Waals surface area contributed by atoms with Crippen LogP contribution in [0.5, 0.6) is 0 Å². The number of hydrogen-bond acceptors (Lipinski definition) is 1. The highest BCUT2D eigenvalue weighted by Gasteiger charge is 2.51. The van der Waals surface area contributed by atoms with Crippen molar-refractivity contribution in [1.82, 2.24) is 4.90 Å². The molecule has 4 aliphatic rings. The normalized spacial score (nSPS) is 26.9. The molecule has 4 aliphatic heterocycles. The molecule has 246 valence electrons. The van der Waals surface area contributed by atoms with Crippen molar-refractivity contribution < 1.29 is 44.4 Å². The fourth-order valence-corrected chi connectivity index (χ4v) is 8.00. The van der Waals surface area contributed by atoms with E-state index in [0.29, 0.717) is 37.1 Å². The van der Waals surface area contributed by atoms with Gasteiger partial charge in [-0.15, -0.1) is 0 Å². The van der Waals surface area contributed by atoms with E-state index in [0.717, 1.165) is 55.5 Å². The van der Waals surface area contributed by atoms with E-state index in [1.54, 1.807) is 0 Å². The summed E-state index contributed by atoms with van der Waals surface area (Å²) in [5.41, 5.74) is -2.13. The van der Waals surface area contributed by atoms with Gasteiger partial charge in [0, 0.05) is 56.0 Å². The van der Waals surface area contributed by atoms with Gasteiger partial charge in [-0.2, -0.15) is 26.3 Å². The average molecular weight is 652 g/mol. The zero-order valence-electron chi connectivity index (χ0n) is 25.2. The number of quaternary nitrogens is 1. The number of carbonyl (C=O) groups excluding carboxylic acids is 1. The SMILES string of the molecule is O=C1CCC(CC[N+]23CCC(c4ccccc4)(CC2)CC3)(c2ccc(F)c(F)c2)CN1Cc1cc(C(F)(F)F)cc(C(F)(F)F)c1. The lowest BCUT2D eigenvalue weighted by molar-refractivity contribution is -0.944. The summed E-state index contributed by atoms with van der Waals surface area (Å²) in [7, 11) is 0. The third kappa shape index (κ3) is 6.27. The van der Waals surface area contributed by atoms with E-state index in [4.69, 9.17) is 0 Å². The Morgan fingerprint density at radius 1 is 0.717 bits per heavy atom. The van der Waals surface area contributed by atoms with Gasteiger partial charge in [-0.25, -0.2) is 8.78 Å². The van der Waals surface area contributed by atoms with E-state index >= 15 is 0 Å². The van der Waals surface area contributed by atoms with E-state index in [1.165, 1.54) is 16.5 Å². The van der Waals surface area contributed by atoms with Crippen molar-refractivity contribution in [2.45, 2.75) is 68.3 Å². The highest BCUT2D eigenvalue weighted by Crippen LogP contribution is 2.48. The van der Waals surface area contributed by atoms with Crippen molar-refractivity contribution in [3.63, 3.8) is 0 Å². The number of hydrogen-bond donors (Lipinski definition) is 0. The highest BCUT2D eigenvalue weighted by atomic mass is 19.4. The Hall–Kier alpha value is -3.47. The van der Waals surface area contributed by atoms with Crippen LogP contribution in [0.3, 0.4) is 0 Å². The molecule has 4 fully saturated rings. The van der Waals surface area contributed by atoms with Crippen molar-refractivity contribution in [2.24, 2.45) is 0 Å². The van der Waals surface area contributed by atoms with Gasteiger partial charge in [0.25, 0.3) is 0 Å². The average Bonchev–Trinajstić information content (AvgIpc) is 3.03. The fourth-order valence-electron chi connectivity index (χ4n) is 8.00. The number of fused-ring (bicyclic) bond motifs is 3. The maximum Gasteiger partial charge on any atom is 0.416 e. The zero-order chi connectivity index (χ0) is 33.0. The molecule has 46 heavy (non-hydrogen) atoms. The number of alkyl halides is 6. The largest absolute Gasteiger partial charge is 0.416 e. The summed E-state index contributed by atoms with van der Waals surface area (Å²) in [5.74, 6) is -2.50. The first kappa shape index (κ1) is 32.5. The number of likely N-dealkylation sites (tertiary alicyclic amines) is 1. The third-order valence-corrected chi connectivity index (χ3v) is 10.9. The molecule has 3 aromatic rings. The van der Waals surface area contributed by atoms with Crippen LogP contribution in [0, 0.1) is 11.6 Å². The second-order valence-corrected chi connectivity index (χ2v) is 13.5. The second-order valence-electron chi connectivity index (χ2n) is 13.5. The van der Waals surface area contributed by atoms with E-state index in [9.17, 15) is 39.9 Å². The molecule has 4 saturated heterocycles. The summed E-state index contributed by atoms with van der Waals surface area (Å²) in [5, 5.41) is 0. The molecule has 0 spiro atoms. The first-order valence-corrected chi connectivity index (χ1v) is 15.5. The summed E-state index contributed by atoms with van der Waals surface area (Å²) in [6, 6.07) is 15.4. The number of rotatable bonds is 7. The molecule has 0 radical (unpaired) electrons. The predicted octanol–water partition coefficient (Wildman–Crippen LogP) is 8.41. The smallest absolute Gasteiger partial charge is 0.337 e. The Balaban J connectivity index is 1.28. The first-order valence-electron chi connectivity index (χ1n) is 15.5. The molecule has 3 nitrogen and oxygen atoms in total. The molecule has 7 rings (SSSR count). The van der Waals surface area contributed by atoms with Crippen molar-refractivity contribution >= 4 is 5.91 Å². The van der Waals surface area contributed by atoms with Crippen molar-refractivity contribution in [2.75, 3.05) is 32.7 Å². The molecule has 0 saturated carbocycles. The highest BCUT2D eigenvalue weighted by molar-refractivity contribution is 5.77. The Morgan fingerprint density at radius 3 is 1.89 bits per heavy atom. The van der Waals surface area contributed by atoms with Crippen LogP contribution in [0.25, 0.3) is 0 Å². The fraction of sp³-hybridized carbons (Fsp3) is 0.457. The number of amides is 1. The Labute approximate surface area is 262 Å². The van der Waals surface area contributed by atoms with Crippen molar-refractivity contribution in [1.29, 1.82) is 0 Å². The Morgan fingerprint density at radius 2 is 1.33 bits per heavy atom. The van der Waals surface area contributed by atoms with Gasteiger partial charge in [0.05, 0.1) is 37.3 Å². The number of nitrogens with zero attached hydrogens (tertiary/aromatic N) is 2. The minimum atomic E-state index is -5.02. The quantitative estimate of drug-likeness (QED) is 0.186. The number of halogens is 8. The maximum atomic E-state index is 14.6. The minimum absolute atomic E-state index is 0.0266. The molecule has 1 unspecified atom stereocenters. The summed E-state index contributed by atoms with van der Waals surface area (Å²) >= 11 is 0. The van der Waals surface area contributed by atoms with Gasteiger partial charge in [-0.3, -0.25) is 4.79 Å². The molecular formula is C35H35F8N2O+. The van der Waals surface area contributed by atoms with Crippen LogP contribution in [0.4, 0.5) is 35.1 Å². The van der Waals surface area contributed by atoms with Gasteiger partial charge in [0.2, 0.25) is 5.91 Å². The standard InChI is InChI=1S/C35H35F8N2O/c36-29-7-6-26(21-30(29)37)33(13-17-45-14-10-32(11-15-45,12-16-45)25-4-2-1-3-5-25)9-8-31(46)44(23-33)22-24-18-27(34(38,39)40)20-28(19-24)35(41,42)43/h1-7,18-21H,8-17,22-23H2/q+1. The second kappa shape index (κ2) is 11.6. The lowest BCUT2D eigenvalue weighted by atomic mass is 9.65. The van der Waals surface area contributed by atoms with Gasteiger partial charge in [0.15, 0.2) is 11.6 Å². The van der Waals surface area contributed by atoms with Crippen LogP contribution in [-0.2, 0) is 34.5 Å². The van der Waals surface area contributed by atoms with E-state index in [2.05, 4.69) is 24.3 Å². The summed E-state index contributed by atoms with van der Waals surface area (Å²) in [6.45, 7) is 3.01. The number of piperidine rings is 4. The van der Waals surface area contributed by atoms with Gasteiger partial charge < -0.3 is 9.38 Å². The van der Waals surface area contributed by atoms with Gasteiger partial charge in [-0.1, -0.05) is 36.4 Å². The van der Waals surface area contributed by atoms with Crippen LogP contribution in [-0.4, -0.2) is 48.0 Å². The van der Waals surface area contributed by atoms with Crippen molar-refractivity contribution in [3.8, 4) is 0 Å². The van der Waals surface area contributed by atoms with Crippen LogP contribution in [0.2, 0.25) is 0 Å². The number of benzene rings is 3. The van der Waals surface area contributed by atoms with E-state index in [-0.39, 0.29) is 30.0 Å². The predicted molar refractivity (Wildman–Crippen MR) is 155 cm³/mol. The Bertz CT molecular complexity index is 1550. The van der Waals surface area contributed by atoms with E-state index in [1.807, 2.05) is 6.07 Å². The third-order valence-electron chi connectivity index (χ3n) is 10.9. The van der Waals surface area contributed by atoms with Crippen LogP contribution >= 0.6 is 0 Å². The summed E-state index contributed by atoms with van der Waals surface area (Å²) in [4.78, 5) is 14.4. The number of carbonyl (C=O) groups is 1. The van der Waals surface area contributed by atoms with Crippen LogP contribution in [0.1, 0.15) is 66.3 Å². The molecule has 3 aromatic carbocycles. The molecule has 0 aliphatic carbocycles. The van der Waals surface area contributed by atoms with Crippen LogP contribution < -0.4 is 0 Å². The molecule has 1 atom stereocenters.